The monoisotopic (exact) mass is 299 g/mol. The molecule has 0 aliphatic carbocycles. The maximum absolute atomic E-state index is 3.42. The minimum Gasteiger partial charge on any atom is -0.314 e. The minimum absolute atomic E-state index is 0.796. The summed E-state index contributed by atoms with van der Waals surface area (Å²) in [6.45, 7) is 9.89. The summed E-state index contributed by atoms with van der Waals surface area (Å²) in [6, 6.07) is 9.60. The molecule has 5 rings (SSSR count). The fourth-order valence-corrected chi connectivity index (χ4v) is 4.50. The van der Waals surface area contributed by atoms with Crippen molar-refractivity contribution in [1.82, 2.24) is 15.1 Å². The van der Waals surface area contributed by atoms with Gasteiger partial charge in [-0.05, 0) is 55.3 Å². The highest BCUT2D eigenvalue weighted by molar-refractivity contribution is 5.27. The lowest BCUT2D eigenvalue weighted by atomic mass is 9.75. The van der Waals surface area contributed by atoms with Crippen molar-refractivity contribution < 1.29 is 0 Å². The number of hydrogen-bond acceptors (Lipinski definition) is 3. The number of piperidine rings is 3. The molecule has 3 heteroatoms. The molecule has 0 spiro atoms. The average molecular weight is 299 g/mol. The van der Waals surface area contributed by atoms with Crippen molar-refractivity contribution >= 4 is 0 Å². The van der Waals surface area contributed by atoms with E-state index in [0.29, 0.717) is 0 Å². The van der Waals surface area contributed by atoms with Gasteiger partial charge < -0.3 is 15.1 Å². The van der Waals surface area contributed by atoms with Crippen molar-refractivity contribution in [1.29, 1.82) is 0 Å². The van der Waals surface area contributed by atoms with Crippen LogP contribution in [0.4, 0.5) is 0 Å². The highest BCUT2D eigenvalue weighted by atomic mass is 15.2. The fourth-order valence-electron chi connectivity index (χ4n) is 4.50. The molecule has 22 heavy (non-hydrogen) atoms. The predicted molar refractivity (Wildman–Crippen MR) is 91.4 cm³/mol. The largest absolute Gasteiger partial charge is 0.314 e. The number of nitrogens with zero attached hydrogens (tertiary/aromatic N) is 2. The van der Waals surface area contributed by atoms with Crippen LogP contribution in [0.15, 0.2) is 24.3 Å². The van der Waals surface area contributed by atoms with Crippen LogP contribution in [-0.4, -0.2) is 62.2 Å². The van der Waals surface area contributed by atoms with Gasteiger partial charge in [-0.1, -0.05) is 24.3 Å². The Morgan fingerprint density at radius 3 is 2.32 bits per heavy atom. The van der Waals surface area contributed by atoms with E-state index in [2.05, 4.69) is 39.4 Å². The molecule has 120 valence electrons. The molecule has 4 aliphatic rings. The summed E-state index contributed by atoms with van der Waals surface area (Å²) in [5.74, 6) is 1.74. The smallest absolute Gasteiger partial charge is 0.0108 e. The lowest BCUT2D eigenvalue weighted by Gasteiger charge is -2.45. The zero-order valence-electron chi connectivity index (χ0n) is 13.6. The van der Waals surface area contributed by atoms with Gasteiger partial charge in [0.25, 0.3) is 0 Å². The van der Waals surface area contributed by atoms with Crippen molar-refractivity contribution in [3.05, 3.63) is 35.4 Å². The summed E-state index contributed by atoms with van der Waals surface area (Å²) >= 11 is 0. The Bertz CT molecular complexity index is 470. The lowest BCUT2D eigenvalue weighted by Crippen LogP contribution is -2.46. The van der Waals surface area contributed by atoms with E-state index in [-0.39, 0.29) is 0 Å². The number of rotatable bonds is 4. The van der Waals surface area contributed by atoms with E-state index in [0.717, 1.165) is 24.9 Å². The normalized spacial score (nSPS) is 32.3. The van der Waals surface area contributed by atoms with Crippen LogP contribution in [0.5, 0.6) is 0 Å². The summed E-state index contributed by atoms with van der Waals surface area (Å²) in [5, 5.41) is 3.42. The Hall–Kier alpha value is -0.900. The molecule has 0 radical (unpaired) electrons. The van der Waals surface area contributed by atoms with Crippen molar-refractivity contribution in [3.8, 4) is 0 Å². The Balaban J connectivity index is 1.34. The van der Waals surface area contributed by atoms with Gasteiger partial charge in [0, 0.05) is 39.3 Å². The number of piperazine rings is 1. The van der Waals surface area contributed by atoms with Crippen molar-refractivity contribution in [2.75, 3.05) is 52.4 Å². The zero-order valence-corrected chi connectivity index (χ0v) is 13.6. The standard InChI is InChI=1S/C19H29N3/c1-3-17(19-15-22-11-6-18(19)7-12-22)4-2-16(1)5-10-21-13-8-20-9-14-21/h1-4,18-20H,5-15H2. The van der Waals surface area contributed by atoms with Crippen LogP contribution in [0.2, 0.25) is 0 Å². The van der Waals surface area contributed by atoms with Crippen LogP contribution in [0, 0.1) is 5.92 Å². The summed E-state index contributed by atoms with van der Waals surface area (Å²) in [5.41, 5.74) is 3.09. The maximum Gasteiger partial charge on any atom is 0.0108 e. The summed E-state index contributed by atoms with van der Waals surface area (Å²) in [6.07, 6.45) is 4.02. The summed E-state index contributed by atoms with van der Waals surface area (Å²) in [7, 11) is 0. The molecule has 4 heterocycles. The molecule has 2 bridgehead atoms. The number of hydrogen-bond donors (Lipinski definition) is 1. The van der Waals surface area contributed by atoms with Gasteiger partial charge in [0.2, 0.25) is 0 Å². The van der Waals surface area contributed by atoms with E-state index >= 15 is 0 Å². The van der Waals surface area contributed by atoms with Crippen molar-refractivity contribution in [3.63, 3.8) is 0 Å². The van der Waals surface area contributed by atoms with Crippen LogP contribution in [0.3, 0.4) is 0 Å². The summed E-state index contributed by atoms with van der Waals surface area (Å²) < 4.78 is 0. The Morgan fingerprint density at radius 1 is 0.955 bits per heavy atom. The first-order valence-electron chi connectivity index (χ1n) is 9.13. The van der Waals surface area contributed by atoms with Gasteiger partial charge >= 0.3 is 0 Å². The Morgan fingerprint density at radius 2 is 1.68 bits per heavy atom. The van der Waals surface area contributed by atoms with Crippen LogP contribution in [0.25, 0.3) is 0 Å². The van der Waals surface area contributed by atoms with Gasteiger partial charge in [-0.3, -0.25) is 0 Å². The van der Waals surface area contributed by atoms with Gasteiger partial charge in [-0.25, -0.2) is 0 Å². The van der Waals surface area contributed by atoms with Gasteiger partial charge in [0.1, 0.15) is 0 Å². The maximum atomic E-state index is 3.42. The molecule has 1 atom stereocenters. The van der Waals surface area contributed by atoms with E-state index in [9.17, 15) is 0 Å². The number of benzene rings is 1. The second kappa shape index (κ2) is 6.69. The SMILES string of the molecule is c1cc(C2CN3CCC2CC3)ccc1CCN1CCNCC1. The Labute approximate surface area is 134 Å². The molecule has 1 aromatic rings. The second-order valence-electron chi connectivity index (χ2n) is 7.33. The molecule has 0 aromatic heterocycles. The molecule has 0 amide bonds. The van der Waals surface area contributed by atoms with E-state index < -0.39 is 0 Å². The second-order valence-corrected chi connectivity index (χ2v) is 7.33. The van der Waals surface area contributed by atoms with Crippen LogP contribution in [0.1, 0.15) is 29.9 Å². The van der Waals surface area contributed by atoms with Gasteiger partial charge in [-0.15, -0.1) is 0 Å². The molecule has 4 saturated heterocycles. The average Bonchev–Trinajstić information content (AvgIpc) is 2.62. The third-order valence-corrected chi connectivity index (χ3v) is 5.99. The number of fused-ring (bicyclic) bond motifs is 3. The van der Waals surface area contributed by atoms with E-state index in [1.54, 1.807) is 5.56 Å². The van der Waals surface area contributed by atoms with Gasteiger partial charge in [0.15, 0.2) is 0 Å². The van der Waals surface area contributed by atoms with Crippen molar-refractivity contribution in [2.45, 2.75) is 25.2 Å². The van der Waals surface area contributed by atoms with E-state index in [1.165, 1.54) is 64.1 Å². The highest BCUT2D eigenvalue weighted by Gasteiger charge is 2.34. The van der Waals surface area contributed by atoms with Crippen LogP contribution in [-0.2, 0) is 6.42 Å². The fraction of sp³-hybridized carbons (Fsp3) is 0.684. The topological polar surface area (TPSA) is 18.5 Å². The first-order chi connectivity index (χ1) is 10.9. The van der Waals surface area contributed by atoms with Gasteiger partial charge in [-0.2, -0.15) is 0 Å². The predicted octanol–water partition coefficient (Wildman–Crippen LogP) is 1.94. The molecular weight excluding hydrogens is 270 g/mol. The minimum atomic E-state index is 0.796. The first kappa shape index (κ1) is 14.7. The lowest BCUT2D eigenvalue weighted by molar-refractivity contribution is 0.0871. The van der Waals surface area contributed by atoms with Crippen LogP contribution >= 0.6 is 0 Å². The zero-order chi connectivity index (χ0) is 14.8. The quantitative estimate of drug-likeness (QED) is 0.917. The molecule has 4 fully saturated rings. The number of nitrogens with one attached hydrogen (secondary N) is 1. The molecule has 1 N–H and O–H groups in total. The molecule has 0 saturated carbocycles. The Kier molecular flexibility index (Phi) is 4.47. The molecule has 3 nitrogen and oxygen atoms in total. The molecular formula is C19H29N3. The van der Waals surface area contributed by atoms with Gasteiger partial charge in [0.05, 0.1) is 0 Å². The third kappa shape index (κ3) is 3.22. The molecule has 1 unspecified atom stereocenters. The summed E-state index contributed by atoms with van der Waals surface area (Å²) in [4.78, 5) is 5.24. The van der Waals surface area contributed by atoms with Crippen molar-refractivity contribution in [2.24, 2.45) is 5.92 Å². The van der Waals surface area contributed by atoms with Crippen LogP contribution < -0.4 is 5.32 Å². The molecule has 1 aromatic carbocycles. The highest BCUT2D eigenvalue weighted by Crippen LogP contribution is 2.38. The van der Waals surface area contributed by atoms with E-state index in [4.69, 9.17) is 0 Å². The third-order valence-electron chi connectivity index (χ3n) is 5.99. The first-order valence-corrected chi connectivity index (χ1v) is 9.13. The molecule has 4 aliphatic heterocycles. The van der Waals surface area contributed by atoms with E-state index in [1.807, 2.05) is 0 Å².